The number of nitrogens with zero attached hydrogens (tertiary/aromatic N) is 1. The number of benzene rings is 2. The highest BCUT2D eigenvalue weighted by Gasteiger charge is 2.25. The van der Waals surface area contributed by atoms with Crippen LogP contribution >= 0.6 is 11.6 Å². The van der Waals surface area contributed by atoms with Crippen molar-refractivity contribution in [1.29, 1.82) is 0 Å². The molecule has 0 aromatic heterocycles. The number of nitrogens with one attached hydrogen (secondary N) is 1. The van der Waals surface area contributed by atoms with E-state index in [0.29, 0.717) is 0 Å². The minimum atomic E-state index is 0.221. The lowest BCUT2D eigenvalue weighted by Crippen LogP contribution is -2.37. The van der Waals surface area contributed by atoms with Gasteiger partial charge in [-0.2, -0.15) is 0 Å². The van der Waals surface area contributed by atoms with Gasteiger partial charge in [0.1, 0.15) is 5.75 Å². The molecule has 1 fully saturated rings. The van der Waals surface area contributed by atoms with Crippen LogP contribution in [0.3, 0.4) is 0 Å². The summed E-state index contributed by atoms with van der Waals surface area (Å²) >= 11 is 5.98. The predicted octanol–water partition coefficient (Wildman–Crippen LogP) is 4.32. The minimum Gasteiger partial charge on any atom is -0.497 e. The first kappa shape index (κ1) is 21.5. The van der Waals surface area contributed by atoms with Crippen LogP contribution in [-0.4, -0.2) is 49.9 Å². The molecular formula is C22H31ClN2O2. The summed E-state index contributed by atoms with van der Waals surface area (Å²) in [5, 5.41) is 13.3. The number of methoxy groups -OCH3 is 1. The van der Waals surface area contributed by atoms with Gasteiger partial charge in [0.25, 0.3) is 0 Å². The molecule has 0 saturated carbocycles. The number of hydrogen-bond donors (Lipinski definition) is 2. The Kier molecular flexibility index (Phi) is 8.92. The normalized spacial score (nSPS) is 17.7. The molecule has 27 heavy (non-hydrogen) atoms. The minimum absolute atomic E-state index is 0.221. The Balaban J connectivity index is 0.000000223. The van der Waals surface area contributed by atoms with Gasteiger partial charge < -0.3 is 15.2 Å². The zero-order valence-corrected chi connectivity index (χ0v) is 17.2. The Morgan fingerprint density at radius 3 is 2.52 bits per heavy atom. The summed E-state index contributed by atoms with van der Waals surface area (Å²) in [6.07, 6.45) is 2.12. The SMILES string of the molecule is CC1CCN(C(CO)Cc2cccc(Cl)c2)C1.CNc1ccc(OC)cc1. The van der Waals surface area contributed by atoms with Crippen molar-refractivity contribution in [2.24, 2.45) is 5.92 Å². The van der Waals surface area contributed by atoms with Gasteiger partial charge in [-0.25, -0.2) is 0 Å². The van der Waals surface area contributed by atoms with E-state index in [-0.39, 0.29) is 12.6 Å². The molecule has 148 valence electrons. The number of rotatable bonds is 6. The second-order valence-electron chi connectivity index (χ2n) is 7.04. The Labute approximate surface area is 168 Å². The van der Waals surface area contributed by atoms with Crippen molar-refractivity contribution in [2.75, 3.05) is 39.2 Å². The molecule has 0 amide bonds. The first-order valence-electron chi connectivity index (χ1n) is 9.46. The van der Waals surface area contributed by atoms with Crippen LogP contribution < -0.4 is 10.1 Å². The van der Waals surface area contributed by atoms with Crippen molar-refractivity contribution in [3.05, 3.63) is 59.1 Å². The third-order valence-corrected chi connectivity index (χ3v) is 5.16. The predicted molar refractivity (Wildman–Crippen MR) is 114 cm³/mol. The van der Waals surface area contributed by atoms with Crippen molar-refractivity contribution in [1.82, 2.24) is 4.90 Å². The van der Waals surface area contributed by atoms with Gasteiger partial charge in [0.2, 0.25) is 0 Å². The summed E-state index contributed by atoms with van der Waals surface area (Å²) in [5.74, 6) is 1.64. The van der Waals surface area contributed by atoms with Crippen LogP contribution in [0, 0.1) is 5.92 Å². The molecule has 0 radical (unpaired) electrons. The molecule has 1 aliphatic rings. The second-order valence-corrected chi connectivity index (χ2v) is 7.47. The monoisotopic (exact) mass is 390 g/mol. The smallest absolute Gasteiger partial charge is 0.119 e. The van der Waals surface area contributed by atoms with E-state index in [1.807, 2.05) is 49.5 Å². The molecule has 1 heterocycles. The maximum absolute atomic E-state index is 9.53. The zero-order chi connectivity index (χ0) is 19.6. The number of halogens is 1. The molecule has 2 N–H and O–H groups in total. The van der Waals surface area contributed by atoms with E-state index in [2.05, 4.69) is 23.2 Å². The topological polar surface area (TPSA) is 44.7 Å². The third-order valence-electron chi connectivity index (χ3n) is 4.92. The Bertz CT molecular complexity index is 655. The van der Waals surface area contributed by atoms with Gasteiger partial charge in [-0.1, -0.05) is 30.7 Å². The maximum Gasteiger partial charge on any atom is 0.119 e. The van der Waals surface area contributed by atoms with Gasteiger partial charge in [-0.05, 0) is 67.3 Å². The maximum atomic E-state index is 9.53. The van der Waals surface area contributed by atoms with Crippen molar-refractivity contribution < 1.29 is 9.84 Å². The zero-order valence-electron chi connectivity index (χ0n) is 16.5. The summed E-state index contributed by atoms with van der Waals surface area (Å²) < 4.78 is 4.99. The molecule has 4 nitrogen and oxygen atoms in total. The quantitative estimate of drug-likeness (QED) is 0.770. The molecular weight excluding hydrogens is 360 g/mol. The Morgan fingerprint density at radius 1 is 1.26 bits per heavy atom. The average molecular weight is 391 g/mol. The summed E-state index contributed by atoms with van der Waals surface area (Å²) in [7, 11) is 3.55. The van der Waals surface area contributed by atoms with E-state index >= 15 is 0 Å². The first-order chi connectivity index (χ1) is 13.0. The first-order valence-corrected chi connectivity index (χ1v) is 9.84. The fraction of sp³-hybridized carbons (Fsp3) is 0.455. The summed E-state index contributed by atoms with van der Waals surface area (Å²) in [6, 6.07) is 15.9. The molecule has 1 saturated heterocycles. The van der Waals surface area contributed by atoms with E-state index in [4.69, 9.17) is 16.3 Å². The third kappa shape index (κ3) is 7.06. The van der Waals surface area contributed by atoms with Gasteiger partial charge >= 0.3 is 0 Å². The number of aliphatic hydroxyl groups excluding tert-OH is 1. The molecule has 2 unspecified atom stereocenters. The molecule has 5 heteroatoms. The lowest BCUT2D eigenvalue weighted by Gasteiger charge is -2.26. The van der Waals surface area contributed by atoms with Crippen molar-refractivity contribution in [2.45, 2.75) is 25.8 Å². The van der Waals surface area contributed by atoms with Gasteiger partial charge in [0, 0.05) is 30.3 Å². The van der Waals surface area contributed by atoms with Gasteiger partial charge in [0.05, 0.1) is 13.7 Å². The number of ether oxygens (including phenoxy) is 1. The fourth-order valence-electron chi connectivity index (χ4n) is 3.30. The highest BCUT2D eigenvalue weighted by atomic mass is 35.5. The van der Waals surface area contributed by atoms with Crippen LogP contribution in [0.5, 0.6) is 5.75 Å². The van der Waals surface area contributed by atoms with Gasteiger partial charge in [-0.3, -0.25) is 4.90 Å². The molecule has 0 aliphatic carbocycles. The summed E-state index contributed by atoms with van der Waals surface area (Å²) in [4.78, 5) is 2.39. The van der Waals surface area contributed by atoms with Crippen LogP contribution in [0.15, 0.2) is 48.5 Å². The molecule has 2 aromatic carbocycles. The fourth-order valence-corrected chi connectivity index (χ4v) is 3.52. The second kappa shape index (κ2) is 11.2. The molecule has 1 aliphatic heterocycles. The van der Waals surface area contributed by atoms with Crippen LogP contribution in [0.4, 0.5) is 5.69 Å². The standard InChI is InChI=1S/C14H20ClNO.C8H11NO/c1-11-5-6-16(9-11)14(10-17)8-12-3-2-4-13(15)7-12;1-9-7-3-5-8(10-2)6-4-7/h2-4,7,11,14,17H,5-6,8-10H2,1H3;3-6,9H,1-2H3. The summed E-state index contributed by atoms with van der Waals surface area (Å²) in [6.45, 7) is 4.70. The largest absolute Gasteiger partial charge is 0.497 e. The molecule has 2 aromatic rings. The Hall–Kier alpha value is -1.75. The van der Waals surface area contributed by atoms with Crippen molar-refractivity contribution in [3.8, 4) is 5.75 Å². The van der Waals surface area contributed by atoms with Crippen LogP contribution in [0.25, 0.3) is 0 Å². The average Bonchev–Trinajstić information content (AvgIpc) is 3.13. The van der Waals surface area contributed by atoms with Crippen molar-refractivity contribution in [3.63, 3.8) is 0 Å². The van der Waals surface area contributed by atoms with E-state index in [9.17, 15) is 5.11 Å². The number of aliphatic hydroxyl groups is 1. The van der Waals surface area contributed by atoms with Crippen molar-refractivity contribution >= 4 is 17.3 Å². The van der Waals surface area contributed by atoms with E-state index < -0.39 is 0 Å². The molecule has 2 atom stereocenters. The molecule has 0 bridgehead atoms. The molecule has 0 spiro atoms. The highest BCUT2D eigenvalue weighted by molar-refractivity contribution is 6.30. The van der Waals surface area contributed by atoms with Gasteiger partial charge in [0.15, 0.2) is 0 Å². The lowest BCUT2D eigenvalue weighted by atomic mass is 10.1. The van der Waals surface area contributed by atoms with Gasteiger partial charge in [-0.15, -0.1) is 0 Å². The van der Waals surface area contributed by atoms with E-state index in [0.717, 1.165) is 41.9 Å². The summed E-state index contributed by atoms with van der Waals surface area (Å²) in [5.41, 5.74) is 2.30. The number of anilines is 1. The van der Waals surface area contributed by atoms with Crippen LogP contribution in [0.2, 0.25) is 5.02 Å². The highest BCUT2D eigenvalue weighted by Crippen LogP contribution is 2.21. The molecule has 3 rings (SSSR count). The Morgan fingerprint density at radius 2 is 2.00 bits per heavy atom. The van der Waals surface area contributed by atoms with E-state index in [1.165, 1.54) is 12.0 Å². The van der Waals surface area contributed by atoms with Crippen LogP contribution in [-0.2, 0) is 6.42 Å². The number of likely N-dealkylation sites (tertiary alicyclic amines) is 1. The van der Waals surface area contributed by atoms with Crippen LogP contribution in [0.1, 0.15) is 18.9 Å². The number of hydrogen-bond acceptors (Lipinski definition) is 4. The van der Waals surface area contributed by atoms with E-state index in [1.54, 1.807) is 7.11 Å². The lowest BCUT2D eigenvalue weighted by molar-refractivity contribution is 0.142.